The summed E-state index contributed by atoms with van der Waals surface area (Å²) < 4.78 is 0. The van der Waals surface area contributed by atoms with Crippen LogP contribution in [-0.4, -0.2) is 24.2 Å². The lowest BCUT2D eigenvalue weighted by Gasteiger charge is -2.04. The molecule has 0 amide bonds. The van der Waals surface area contributed by atoms with Crippen molar-refractivity contribution in [1.82, 2.24) is 5.48 Å². The highest BCUT2D eigenvalue weighted by Gasteiger charge is 2.04. The summed E-state index contributed by atoms with van der Waals surface area (Å²) in [4.78, 5) is 16.1. The highest BCUT2D eigenvalue weighted by Crippen LogP contribution is 1.99. The number of hydrogen-bond acceptors (Lipinski definition) is 4. The maximum absolute atomic E-state index is 11.3. The third-order valence-electron chi connectivity index (χ3n) is 1.86. The number of hydrogen-bond donors (Lipinski definition) is 2. The molecule has 0 bridgehead atoms. The van der Waals surface area contributed by atoms with Gasteiger partial charge in [0.2, 0.25) is 0 Å². The van der Waals surface area contributed by atoms with Crippen molar-refractivity contribution in [2.75, 3.05) is 13.2 Å². The first-order valence-electron chi connectivity index (χ1n) is 4.94. The average Bonchev–Trinajstić information content (AvgIpc) is 2.30. The number of benzene rings is 1. The fourth-order valence-electron chi connectivity index (χ4n) is 1.06. The number of hydroxylamine groups is 1. The second kappa shape index (κ2) is 6.98. The molecular formula is C11H15NO3. The molecule has 0 aromatic heterocycles. The molecule has 0 fully saturated rings. The van der Waals surface area contributed by atoms with Crippen LogP contribution in [0.15, 0.2) is 30.3 Å². The Hall–Kier alpha value is -1.39. The van der Waals surface area contributed by atoms with Crippen LogP contribution in [0.25, 0.3) is 0 Å². The van der Waals surface area contributed by atoms with Gasteiger partial charge in [-0.1, -0.05) is 18.2 Å². The molecule has 0 aliphatic rings. The largest absolute Gasteiger partial charge is 0.396 e. The van der Waals surface area contributed by atoms with Gasteiger partial charge in [0.25, 0.3) is 0 Å². The van der Waals surface area contributed by atoms with E-state index in [-0.39, 0.29) is 12.6 Å². The summed E-state index contributed by atoms with van der Waals surface area (Å²) in [5, 5.41) is 8.52. The zero-order valence-electron chi connectivity index (χ0n) is 8.48. The molecule has 2 N–H and O–H groups in total. The van der Waals surface area contributed by atoms with Crippen LogP contribution in [0.4, 0.5) is 0 Å². The highest BCUT2D eigenvalue weighted by molar-refractivity contribution is 5.89. The molecule has 1 aromatic rings. The molecule has 82 valence electrons. The van der Waals surface area contributed by atoms with Gasteiger partial charge in [0.1, 0.15) is 0 Å². The number of aliphatic hydroxyl groups is 1. The van der Waals surface area contributed by atoms with Crippen LogP contribution < -0.4 is 5.48 Å². The fraction of sp³-hybridized carbons (Fsp3) is 0.364. The second-order valence-electron chi connectivity index (χ2n) is 3.08. The Balaban J connectivity index is 2.20. The van der Waals surface area contributed by atoms with Gasteiger partial charge in [-0.2, -0.15) is 5.48 Å². The molecule has 0 unspecified atom stereocenters. The Kier molecular flexibility index (Phi) is 5.43. The van der Waals surface area contributed by atoms with Crippen molar-refractivity contribution >= 4 is 5.97 Å². The van der Waals surface area contributed by atoms with Crippen LogP contribution in [0.3, 0.4) is 0 Å². The molecule has 0 aliphatic carbocycles. The van der Waals surface area contributed by atoms with E-state index < -0.39 is 0 Å². The first-order chi connectivity index (χ1) is 7.34. The highest BCUT2D eigenvalue weighted by atomic mass is 16.7. The first-order valence-corrected chi connectivity index (χ1v) is 4.94. The summed E-state index contributed by atoms with van der Waals surface area (Å²) in [6.45, 7) is 0.716. The molecule has 0 spiro atoms. The quantitative estimate of drug-likeness (QED) is 0.544. The van der Waals surface area contributed by atoms with Gasteiger partial charge in [-0.05, 0) is 25.0 Å². The third-order valence-corrected chi connectivity index (χ3v) is 1.86. The second-order valence-corrected chi connectivity index (χ2v) is 3.08. The smallest absolute Gasteiger partial charge is 0.356 e. The predicted molar refractivity (Wildman–Crippen MR) is 56.2 cm³/mol. The monoisotopic (exact) mass is 209 g/mol. The van der Waals surface area contributed by atoms with Crippen LogP contribution in [0.5, 0.6) is 0 Å². The van der Waals surface area contributed by atoms with Crippen LogP contribution in [0.2, 0.25) is 0 Å². The lowest BCUT2D eigenvalue weighted by Crippen LogP contribution is -2.21. The normalized spacial score (nSPS) is 9.93. The van der Waals surface area contributed by atoms with Crippen molar-refractivity contribution in [3.63, 3.8) is 0 Å². The Morgan fingerprint density at radius 2 is 2.00 bits per heavy atom. The van der Waals surface area contributed by atoms with Crippen molar-refractivity contribution in [2.24, 2.45) is 0 Å². The molecule has 15 heavy (non-hydrogen) atoms. The van der Waals surface area contributed by atoms with Crippen molar-refractivity contribution in [3.8, 4) is 0 Å². The van der Waals surface area contributed by atoms with E-state index in [9.17, 15) is 4.79 Å². The minimum atomic E-state index is -0.389. The summed E-state index contributed by atoms with van der Waals surface area (Å²) in [6.07, 6.45) is 1.48. The number of unbranched alkanes of at least 4 members (excludes halogenated alkanes) is 1. The zero-order valence-corrected chi connectivity index (χ0v) is 8.48. The molecule has 0 heterocycles. The van der Waals surface area contributed by atoms with Crippen LogP contribution in [-0.2, 0) is 4.84 Å². The lowest BCUT2D eigenvalue weighted by atomic mass is 10.2. The van der Waals surface area contributed by atoms with E-state index in [0.29, 0.717) is 18.5 Å². The number of carbonyl (C=O) groups is 1. The van der Waals surface area contributed by atoms with Crippen molar-refractivity contribution in [3.05, 3.63) is 35.9 Å². The lowest BCUT2D eigenvalue weighted by molar-refractivity contribution is 0.0249. The molecule has 0 saturated carbocycles. The van der Waals surface area contributed by atoms with Gasteiger partial charge < -0.3 is 9.94 Å². The topological polar surface area (TPSA) is 58.6 Å². The molecular weight excluding hydrogens is 194 g/mol. The fourth-order valence-corrected chi connectivity index (χ4v) is 1.06. The molecule has 0 saturated heterocycles. The summed E-state index contributed by atoms with van der Waals surface area (Å²) in [7, 11) is 0. The van der Waals surface area contributed by atoms with Gasteiger partial charge in [-0.15, -0.1) is 0 Å². The van der Waals surface area contributed by atoms with E-state index >= 15 is 0 Å². The summed E-state index contributed by atoms with van der Waals surface area (Å²) in [5.41, 5.74) is 3.08. The SMILES string of the molecule is O=C(ONCCCCO)c1ccccc1. The Bertz CT molecular complexity index is 287. The first kappa shape index (κ1) is 11.7. The Morgan fingerprint density at radius 1 is 1.27 bits per heavy atom. The van der Waals surface area contributed by atoms with Crippen molar-refractivity contribution in [2.45, 2.75) is 12.8 Å². The van der Waals surface area contributed by atoms with Gasteiger partial charge in [0.05, 0.1) is 5.56 Å². The van der Waals surface area contributed by atoms with E-state index in [1.54, 1.807) is 24.3 Å². The minimum absolute atomic E-state index is 0.161. The number of rotatable bonds is 6. The number of nitrogens with one attached hydrogen (secondary N) is 1. The minimum Gasteiger partial charge on any atom is -0.396 e. The van der Waals surface area contributed by atoms with E-state index in [4.69, 9.17) is 9.94 Å². The van der Waals surface area contributed by atoms with Gasteiger partial charge >= 0.3 is 5.97 Å². The molecule has 0 aliphatic heterocycles. The maximum Gasteiger partial charge on any atom is 0.356 e. The standard InChI is InChI=1S/C11H15NO3/c13-9-5-4-8-12-15-11(14)10-6-2-1-3-7-10/h1-3,6-7,12-13H,4-5,8-9H2. The molecule has 0 atom stereocenters. The van der Waals surface area contributed by atoms with Gasteiger partial charge in [-0.3, -0.25) is 0 Å². The van der Waals surface area contributed by atoms with E-state index in [0.717, 1.165) is 6.42 Å². The van der Waals surface area contributed by atoms with E-state index in [2.05, 4.69) is 5.48 Å². The zero-order chi connectivity index (χ0) is 10.9. The van der Waals surface area contributed by atoms with E-state index in [1.165, 1.54) is 0 Å². The summed E-state index contributed by atoms with van der Waals surface area (Å²) in [6, 6.07) is 8.78. The maximum atomic E-state index is 11.3. The number of carbonyl (C=O) groups excluding carboxylic acids is 1. The average molecular weight is 209 g/mol. The van der Waals surface area contributed by atoms with Crippen LogP contribution in [0, 0.1) is 0 Å². The molecule has 1 rings (SSSR count). The predicted octanol–water partition coefficient (Wildman–Crippen LogP) is 1.12. The number of aliphatic hydroxyl groups excluding tert-OH is 1. The van der Waals surface area contributed by atoms with Crippen LogP contribution >= 0.6 is 0 Å². The van der Waals surface area contributed by atoms with Crippen molar-refractivity contribution in [1.29, 1.82) is 0 Å². The van der Waals surface area contributed by atoms with Crippen molar-refractivity contribution < 1.29 is 14.7 Å². The Labute approximate surface area is 88.8 Å². The van der Waals surface area contributed by atoms with Gasteiger partial charge in [0, 0.05) is 13.2 Å². The molecule has 4 nitrogen and oxygen atoms in total. The summed E-state index contributed by atoms with van der Waals surface area (Å²) >= 11 is 0. The molecule has 1 aromatic carbocycles. The Morgan fingerprint density at radius 3 is 2.67 bits per heavy atom. The molecule has 0 radical (unpaired) electrons. The third kappa shape index (κ3) is 4.58. The molecule has 4 heteroatoms. The van der Waals surface area contributed by atoms with E-state index in [1.807, 2.05) is 6.07 Å². The summed E-state index contributed by atoms with van der Waals surface area (Å²) in [5.74, 6) is -0.389. The van der Waals surface area contributed by atoms with Gasteiger partial charge in [0.15, 0.2) is 0 Å². The van der Waals surface area contributed by atoms with Crippen LogP contribution in [0.1, 0.15) is 23.2 Å². The van der Waals surface area contributed by atoms with Gasteiger partial charge in [-0.25, -0.2) is 4.79 Å².